The Morgan fingerprint density at radius 3 is 2.62 bits per heavy atom. The number of nitrogens with zero attached hydrogens (tertiary/aromatic N) is 3. The predicted molar refractivity (Wildman–Crippen MR) is 97.0 cm³/mol. The number of aliphatic imine (C=N–C) groups is 1. The first-order valence-electron chi connectivity index (χ1n) is 7.60. The normalized spacial score (nSPS) is 18.3. The SMILES string of the molecule is CCN1C(=O)/C(=C(\C)c2ccc(O)cc2)S/C1=N/c1ccccn1. The number of hydrogen-bond acceptors (Lipinski definition) is 5. The number of aromatic nitrogens is 1. The fourth-order valence-corrected chi connectivity index (χ4v) is 3.47. The van der Waals surface area contributed by atoms with Crippen LogP contribution in [0.5, 0.6) is 5.75 Å². The van der Waals surface area contributed by atoms with E-state index in [9.17, 15) is 9.90 Å². The number of thioether (sulfide) groups is 1. The summed E-state index contributed by atoms with van der Waals surface area (Å²) in [5.74, 6) is 0.729. The molecule has 0 aliphatic carbocycles. The van der Waals surface area contributed by atoms with E-state index in [4.69, 9.17) is 0 Å². The summed E-state index contributed by atoms with van der Waals surface area (Å²) in [6.45, 7) is 4.37. The number of allylic oxidation sites excluding steroid dienone is 1. The van der Waals surface area contributed by atoms with E-state index in [0.29, 0.717) is 22.4 Å². The van der Waals surface area contributed by atoms with E-state index in [1.54, 1.807) is 41.4 Å². The molecular weight excluding hydrogens is 322 g/mol. The lowest BCUT2D eigenvalue weighted by atomic mass is 10.1. The third-order valence-electron chi connectivity index (χ3n) is 3.68. The highest BCUT2D eigenvalue weighted by molar-refractivity contribution is 8.18. The third-order valence-corrected chi connectivity index (χ3v) is 4.86. The number of likely N-dealkylation sites (N-methyl/N-ethyl adjacent to an activating group) is 1. The molecule has 0 spiro atoms. The van der Waals surface area contributed by atoms with Crippen LogP contribution in [0.3, 0.4) is 0 Å². The molecule has 0 unspecified atom stereocenters. The highest BCUT2D eigenvalue weighted by Crippen LogP contribution is 2.37. The lowest BCUT2D eigenvalue weighted by Crippen LogP contribution is -2.28. The maximum atomic E-state index is 12.7. The summed E-state index contributed by atoms with van der Waals surface area (Å²) >= 11 is 1.36. The zero-order valence-electron chi connectivity index (χ0n) is 13.4. The third kappa shape index (κ3) is 3.19. The standard InChI is InChI=1S/C18H17N3O2S/c1-3-21-17(23)16(12(2)13-7-9-14(22)10-8-13)24-18(21)20-15-6-4-5-11-19-15/h4-11,22H,3H2,1-2H3/b16-12-,20-18+. The van der Waals surface area contributed by atoms with Crippen LogP contribution in [0.15, 0.2) is 58.6 Å². The van der Waals surface area contributed by atoms with Gasteiger partial charge in [-0.3, -0.25) is 9.69 Å². The van der Waals surface area contributed by atoms with Gasteiger partial charge < -0.3 is 5.11 Å². The van der Waals surface area contributed by atoms with Crippen molar-refractivity contribution in [3.8, 4) is 5.75 Å². The van der Waals surface area contributed by atoms with Gasteiger partial charge in [0.2, 0.25) is 0 Å². The van der Waals surface area contributed by atoms with Crippen LogP contribution < -0.4 is 0 Å². The van der Waals surface area contributed by atoms with Crippen molar-refractivity contribution in [2.75, 3.05) is 6.54 Å². The van der Waals surface area contributed by atoms with Crippen molar-refractivity contribution in [3.05, 3.63) is 59.1 Å². The van der Waals surface area contributed by atoms with Crippen molar-refractivity contribution in [1.29, 1.82) is 0 Å². The number of aromatic hydroxyl groups is 1. The van der Waals surface area contributed by atoms with Gasteiger partial charge in [-0.15, -0.1) is 0 Å². The lowest BCUT2D eigenvalue weighted by Gasteiger charge is -2.12. The van der Waals surface area contributed by atoms with Gasteiger partial charge in [0.15, 0.2) is 11.0 Å². The molecule has 5 nitrogen and oxygen atoms in total. The molecule has 1 saturated heterocycles. The van der Waals surface area contributed by atoms with E-state index < -0.39 is 0 Å². The second-order valence-electron chi connectivity index (χ2n) is 5.23. The van der Waals surface area contributed by atoms with E-state index in [0.717, 1.165) is 11.1 Å². The van der Waals surface area contributed by atoms with Crippen molar-refractivity contribution < 1.29 is 9.90 Å². The van der Waals surface area contributed by atoms with Crippen molar-refractivity contribution in [1.82, 2.24) is 9.88 Å². The number of carbonyl (C=O) groups excluding carboxylic acids is 1. The van der Waals surface area contributed by atoms with Gasteiger partial charge in [0, 0.05) is 12.7 Å². The van der Waals surface area contributed by atoms with Crippen LogP contribution in [-0.2, 0) is 4.79 Å². The number of amides is 1. The van der Waals surface area contributed by atoms with Crippen LogP contribution in [0.4, 0.5) is 5.82 Å². The smallest absolute Gasteiger partial charge is 0.267 e. The first-order valence-corrected chi connectivity index (χ1v) is 8.41. The molecule has 1 aliphatic heterocycles. The number of amidine groups is 1. The zero-order chi connectivity index (χ0) is 17.1. The van der Waals surface area contributed by atoms with Crippen LogP contribution in [0.2, 0.25) is 0 Å². The maximum Gasteiger partial charge on any atom is 0.267 e. The van der Waals surface area contributed by atoms with E-state index in [-0.39, 0.29) is 11.7 Å². The van der Waals surface area contributed by atoms with Crippen molar-refractivity contribution in [3.63, 3.8) is 0 Å². The number of carbonyl (C=O) groups is 1. The molecule has 0 atom stereocenters. The number of rotatable bonds is 3. The predicted octanol–water partition coefficient (Wildman–Crippen LogP) is 3.80. The average Bonchev–Trinajstić information content (AvgIpc) is 2.91. The zero-order valence-corrected chi connectivity index (χ0v) is 14.2. The molecular formula is C18H17N3O2S. The highest BCUT2D eigenvalue weighted by atomic mass is 32.2. The Labute approximate surface area is 144 Å². The Kier molecular flexibility index (Phi) is 4.66. The summed E-state index contributed by atoms with van der Waals surface area (Å²) in [5.41, 5.74) is 1.77. The number of phenols is 1. The second-order valence-corrected chi connectivity index (χ2v) is 6.21. The van der Waals surface area contributed by atoms with E-state index >= 15 is 0 Å². The minimum absolute atomic E-state index is 0.0530. The number of pyridine rings is 1. The molecule has 0 radical (unpaired) electrons. The Bertz CT molecular complexity index is 814. The van der Waals surface area contributed by atoms with Gasteiger partial charge in [0.05, 0.1) is 4.91 Å². The summed E-state index contributed by atoms with van der Waals surface area (Å²) in [6.07, 6.45) is 1.68. The molecule has 24 heavy (non-hydrogen) atoms. The number of hydrogen-bond donors (Lipinski definition) is 1. The summed E-state index contributed by atoms with van der Waals surface area (Å²) < 4.78 is 0. The molecule has 0 bridgehead atoms. The minimum Gasteiger partial charge on any atom is -0.508 e. The molecule has 1 N–H and O–H groups in total. The average molecular weight is 339 g/mol. The van der Waals surface area contributed by atoms with Crippen LogP contribution in [0, 0.1) is 0 Å². The molecule has 1 amide bonds. The highest BCUT2D eigenvalue weighted by Gasteiger charge is 2.34. The van der Waals surface area contributed by atoms with Crippen molar-refractivity contribution in [2.24, 2.45) is 4.99 Å². The molecule has 1 aliphatic rings. The monoisotopic (exact) mass is 339 g/mol. The quantitative estimate of drug-likeness (QED) is 0.864. The van der Waals surface area contributed by atoms with E-state index in [1.807, 2.05) is 26.0 Å². The molecule has 1 aromatic carbocycles. The molecule has 1 fully saturated rings. The number of phenolic OH excluding ortho intramolecular Hbond substituents is 1. The summed E-state index contributed by atoms with van der Waals surface area (Å²) in [5, 5.41) is 10.1. The van der Waals surface area contributed by atoms with Crippen LogP contribution in [0.25, 0.3) is 5.57 Å². The van der Waals surface area contributed by atoms with Crippen molar-refractivity contribution >= 4 is 34.2 Å². The largest absolute Gasteiger partial charge is 0.508 e. The fraction of sp³-hybridized carbons (Fsp3) is 0.167. The van der Waals surface area contributed by atoms with Gasteiger partial charge in [0.25, 0.3) is 5.91 Å². The van der Waals surface area contributed by atoms with Crippen LogP contribution >= 0.6 is 11.8 Å². The van der Waals surface area contributed by atoms with Crippen LogP contribution in [0.1, 0.15) is 19.4 Å². The van der Waals surface area contributed by atoms with Gasteiger partial charge in [-0.05, 0) is 61.0 Å². The van der Waals surface area contributed by atoms with E-state index in [1.165, 1.54) is 11.8 Å². The van der Waals surface area contributed by atoms with Gasteiger partial charge in [-0.25, -0.2) is 9.98 Å². The Morgan fingerprint density at radius 1 is 1.25 bits per heavy atom. The molecule has 6 heteroatoms. The minimum atomic E-state index is -0.0530. The Hall–Kier alpha value is -2.60. The summed E-state index contributed by atoms with van der Waals surface area (Å²) in [4.78, 5) is 23.7. The first-order chi connectivity index (χ1) is 11.6. The molecule has 0 saturated carbocycles. The number of benzene rings is 1. The van der Waals surface area contributed by atoms with Crippen LogP contribution in [-0.4, -0.2) is 32.6 Å². The van der Waals surface area contributed by atoms with E-state index in [2.05, 4.69) is 9.98 Å². The molecule has 122 valence electrons. The first kappa shape index (κ1) is 16.3. The second kappa shape index (κ2) is 6.88. The van der Waals surface area contributed by atoms with Gasteiger partial charge in [-0.2, -0.15) is 0 Å². The molecule has 2 heterocycles. The van der Waals surface area contributed by atoms with Gasteiger partial charge >= 0.3 is 0 Å². The Morgan fingerprint density at radius 2 is 2.00 bits per heavy atom. The molecule has 3 rings (SSSR count). The fourth-order valence-electron chi connectivity index (χ4n) is 2.36. The van der Waals surface area contributed by atoms with Crippen molar-refractivity contribution in [2.45, 2.75) is 13.8 Å². The summed E-state index contributed by atoms with van der Waals surface area (Å²) in [6, 6.07) is 12.3. The molecule has 1 aromatic heterocycles. The lowest BCUT2D eigenvalue weighted by molar-refractivity contribution is -0.122. The van der Waals surface area contributed by atoms with Gasteiger partial charge in [-0.1, -0.05) is 18.2 Å². The maximum absolute atomic E-state index is 12.7. The topological polar surface area (TPSA) is 65.8 Å². The summed E-state index contributed by atoms with van der Waals surface area (Å²) in [7, 11) is 0. The molecule has 2 aromatic rings. The Balaban J connectivity index is 1.99. The van der Waals surface area contributed by atoms with Gasteiger partial charge in [0.1, 0.15) is 5.75 Å².